The maximum Gasteiger partial charge on any atom is 0.305 e. The number of hydrogen-bond donors (Lipinski definition) is 0. The Balaban J connectivity index is 4.17. The molecule has 0 aromatic heterocycles. The molecule has 10 heteroatoms. The molecule has 0 bridgehead atoms. The number of nitrogens with zero attached hydrogens (tertiary/aromatic N) is 3. The molecule has 0 fully saturated rings. The molecule has 0 unspecified atom stereocenters. The smallest absolute Gasteiger partial charge is 0.258 e. The summed E-state index contributed by atoms with van der Waals surface area (Å²) in [6.07, 6.45) is 0. The number of halogens is 1. The highest BCUT2D eigenvalue weighted by Crippen LogP contribution is 2.49. The van der Waals surface area contributed by atoms with E-state index in [0.29, 0.717) is 0 Å². The first-order chi connectivity index (χ1) is 9.41. The summed E-state index contributed by atoms with van der Waals surface area (Å²) >= 11 is 5.79. The van der Waals surface area contributed by atoms with Gasteiger partial charge in [0.05, 0.1) is 14.8 Å². The average Bonchev–Trinajstić information content (AvgIpc) is 2.24. The Hall–Kier alpha value is -2.29. The fraction of sp³-hybridized carbons (Fsp3) is 0.455. The standard InChI is InChI=1S/C11H12ClN3O6/c1-5-8(13(16)17)6(11(2,3)4)10(15(20)21)7(12)9(5)14(18)19/h1-4H3. The molecule has 0 amide bonds. The average molecular weight is 318 g/mol. The van der Waals surface area contributed by atoms with Crippen LogP contribution >= 0.6 is 11.6 Å². The van der Waals surface area contributed by atoms with Crippen LogP contribution in [0.15, 0.2) is 0 Å². The second-order valence-electron chi connectivity index (χ2n) is 5.38. The van der Waals surface area contributed by atoms with Gasteiger partial charge in [-0.25, -0.2) is 0 Å². The molecule has 9 nitrogen and oxygen atoms in total. The van der Waals surface area contributed by atoms with Gasteiger partial charge in [0.2, 0.25) is 0 Å². The van der Waals surface area contributed by atoms with Crippen molar-refractivity contribution in [3.63, 3.8) is 0 Å². The molecule has 1 aromatic carbocycles. The minimum atomic E-state index is -0.992. The van der Waals surface area contributed by atoms with Gasteiger partial charge in [-0.1, -0.05) is 32.4 Å². The van der Waals surface area contributed by atoms with Gasteiger partial charge >= 0.3 is 11.4 Å². The summed E-state index contributed by atoms with van der Waals surface area (Å²) in [6.45, 7) is 5.75. The molecule has 0 aliphatic rings. The van der Waals surface area contributed by atoms with E-state index in [0.717, 1.165) is 6.92 Å². The lowest BCUT2D eigenvalue weighted by atomic mass is 9.83. The molecule has 0 spiro atoms. The second kappa shape index (κ2) is 5.24. The van der Waals surface area contributed by atoms with Crippen LogP contribution in [-0.4, -0.2) is 14.8 Å². The lowest BCUT2D eigenvalue weighted by molar-refractivity contribution is -0.405. The molecular weight excluding hydrogens is 306 g/mol. The zero-order chi connectivity index (χ0) is 16.7. The van der Waals surface area contributed by atoms with Crippen LogP contribution in [0, 0.1) is 37.3 Å². The maximum absolute atomic E-state index is 11.3. The normalized spacial score (nSPS) is 11.3. The number of benzene rings is 1. The summed E-state index contributed by atoms with van der Waals surface area (Å²) in [5, 5.41) is 32.8. The zero-order valence-electron chi connectivity index (χ0n) is 11.7. The fourth-order valence-electron chi connectivity index (χ4n) is 2.13. The van der Waals surface area contributed by atoms with Crippen LogP contribution in [0.5, 0.6) is 0 Å². The minimum absolute atomic E-state index is 0.231. The van der Waals surface area contributed by atoms with Crippen molar-refractivity contribution in [2.45, 2.75) is 33.1 Å². The van der Waals surface area contributed by atoms with Crippen molar-refractivity contribution in [1.29, 1.82) is 0 Å². The van der Waals surface area contributed by atoms with Crippen LogP contribution in [0.2, 0.25) is 5.02 Å². The lowest BCUT2D eigenvalue weighted by Crippen LogP contribution is -2.18. The first-order valence-electron chi connectivity index (χ1n) is 5.71. The molecular formula is C11H12ClN3O6. The number of rotatable bonds is 3. The third kappa shape index (κ3) is 2.77. The molecule has 114 valence electrons. The highest BCUT2D eigenvalue weighted by molar-refractivity contribution is 6.35. The predicted molar refractivity (Wildman–Crippen MR) is 74.9 cm³/mol. The van der Waals surface area contributed by atoms with Crippen molar-refractivity contribution in [3.05, 3.63) is 46.5 Å². The van der Waals surface area contributed by atoms with Crippen molar-refractivity contribution in [1.82, 2.24) is 0 Å². The van der Waals surface area contributed by atoms with Gasteiger partial charge in [0.15, 0.2) is 5.02 Å². The number of hydrogen-bond acceptors (Lipinski definition) is 6. The van der Waals surface area contributed by atoms with Crippen molar-refractivity contribution >= 4 is 28.7 Å². The van der Waals surface area contributed by atoms with E-state index in [-0.39, 0.29) is 11.1 Å². The van der Waals surface area contributed by atoms with E-state index in [9.17, 15) is 30.3 Å². The van der Waals surface area contributed by atoms with Crippen LogP contribution in [0.4, 0.5) is 17.1 Å². The van der Waals surface area contributed by atoms with Crippen molar-refractivity contribution in [3.8, 4) is 0 Å². The zero-order valence-corrected chi connectivity index (χ0v) is 12.4. The largest absolute Gasteiger partial charge is 0.305 e. The van der Waals surface area contributed by atoms with E-state index >= 15 is 0 Å². The van der Waals surface area contributed by atoms with Gasteiger partial charge in [0.25, 0.3) is 5.69 Å². The number of nitro groups is 3. The molecule has 0 aliphatic heterocycles. The molecule has 0 saturated heterocycles. The van der Waals surface area contributed by atoms with Gasteiger partial charge in [-0.3, -0.25) is 30.3 Å². The molecule has 21 heavy (non-hydrogen) atoms. The molecule has 0 N–H and O–H groups in total. The molecule has 0 radical (unpaired) electrons. The Bertz CT molecular complexity index is 624. The van der Waals surface area contributed by atoms with E-state index in [4.69, 9.17) is 11.6 Å². The molecule has 1 rings (SSSR count). The van der Waals surface area contributed by atoms with Crippen molar-refractivity contribution < 1.29 is 14.8 Å². The minimum Gasteiger partial charge on any atom is -0.258 e. The highest BCUT2D eigenvalue weighted by atomic mass is 35.5. The second-order valence-corrected chi connectivity index (χ2v) is 5.76. The van der Waals surface area contributed by atoms with Gasteiger partial charge in [-0.05, 0) is 6.92 Å². The topological polar surface area (TPSA) is 129 Å². The van der Waals surface area contributed by atoms with Crippen LogP contribution in [0.25, 0.3) is 0 Å². The summed E-state index contributed by atoms with van der Waals surface area (Å²) in [7, 11) is 0. The fourth-order valence-corrected chi connectivity index (χ4v) is 2.50. The summed E-state index contributed by atoms with van der Waals surface area (Å²) < 4.78 is 0. The van der Waals surface area contributed by atoms with Crippen LogP contribution in [0.3, 0.4) is 0 Å². The van der Waals surface area contributed by atoms with Gasteiger partial charge in [-0.15, -0.1) is 0 Å². The molecule has 0 atom stereocenters. The van der Waals surface area contributed by atoms with Crippen LogP contribution < -0.4 is 0 Å². The SMILES string of the molecule is Cc1c([N+](=O)[O-])c(Cl)c([N+](=O)[O-])c(C(C)(C)C)c1[N+](=O)[O-]. The quantitative estimate of drug-likeness (QED) is 0.617. The number of nitro benzene ring substituents is 3. The third-order valence-electron chi connectivity index (χ3n) is 2.90. The van der Waals surface area contributed by atoms with Gasteiger partial charge in [0, 0.05) is 5.41 Å². The third-order valence-corrected chi connectivity index (χ3v) is 3.26. The molecule has 1 aromatic rings. The summed E-state index contributed by atoms with van der Waals surface area (Å²) in [6, 6.07) is 0. The first-order valence-corrected chi connectivity index (χ1v) is 6.08. The van der Waals surface area contributed by atoms with Crippen molar-refractivity contribution in [2.75, 3.05) is 0 Å². The Morgan fingerprint density at radius 3 is 1.52 bits per heavy atom. The molecule has 0 saturated carbocycles. The van der Waals surface area contributed by atoms with E-state index in [1.807, 2.05) is 0 Å². The van der Waals surface area contributed by atoms with E-state index in [1.165, 1.54) is 20.8 Å². The Kier molecular flexibility index (Phi) is 4.19. The highest BCUT2D eigenvalue weighted by Gasteiger charge is 2.43. The monoisotopic (exact) mass is 317 g/mol. The summed E-state index contributed by atoms with van der Waals surface area (Å²) in [4.78, 5) is 30.8. The Labute approximate surface area is 124 Å². The Morgan fingerprint density at radius 2 is 1.24 bits per heavy atom. The van der Waals surface area contributed by atoms with Crippen LogP contribution in [0.1, 0.15) is 31.9 Å². The lowest BCUT2D eigenvalue weighted by Gasteiger charge is -2.20. The molecule has 0 aliphatic carbocycles. The molecule has 0 heterocycles. The van der Waals surface area contributed by atoms with Crippen molar-refractivity contribution in [2.24, 2.45) is 0 Å². The maximum atomic E-state index is 11.3. The van der Waals surface area contributed by atoms with E-state index in [2.05, 4.69) is 0 Å². The van der Waals surface area contributed by atoms with Gasteiger partial charge < -0.3 is 0 Å². The van der Waals surface area contributed by atoms with E-state index < -0.39 is 42.3 Å². The summed E-state index contributed by atoms with van der Waals surface area (Å²) in [5.74, 6) is 0. The first kappa shape index (κ1) is 16.8. The van der Waals surface area contributed by atoms with Gasteiger partial charge in [-0.2, -0.15) is 0 Å². The predicted octanol–water partition coefficient (Wildman–Crippen LogP) is 3.67. The van der Waals surface area contributed by atoms with E-state index in [1.54, 1.807) is 0 Å². The Morgan fingerprint density at radius 1 is 0.857 bits per heavy atom. The van der Waals surface area contributed by atoms with Crippen LogP contribution in [-0.2, 0) is 5.41 Å². The van der Waals surface area contributed by atoms with Gasteiger partial charge in [0.1, 0.15) is 11.1 Å². The summed E-state index contributed by atoms with van der Waals surface area (Å²) in [5.41, 5.74) is -3.79.